The Bertz CT molecular complexity index is 688. The Labute approximate surface area is 135 Å². The maximum absolute atomic E-state index is 12.3. The summed E-state index contributed by atoms with van der Waals surface area (Å²) in [6.45, 7) is 0.325. The summed E-state index contributed by atoms with van der Waals surface area (Å²) in [5, 5.41) is 10.8. The van der Waals surface area contributed by atoms with Crippen LogP contribution in [-0.4, -0.2) is 21.9 Å². The van der Waals surface area contributed by atoms with Crippen LogP contribution in [0.2, 0.25) is 0 Å². The van der Waals surface area contributed by atoms with Gasteiger partial charge in [-0.2, -0.15) is 0 Å². The second-order valence-electron chi connectivity index (χ2n) is 4.48. The standard InChI is InChI=1S/C15H13BrN2O4/c1-22-14-7-5-11(6-8-14)10-17(16)15(19)12-3-2-4-13(9-12)18(20)21/h2-9H,10H2,1H3. The summed E-state index contributed by atoms with van der Waals surface area (Å²) in [4.78, 5) is 22.5. The lowest BCUT2D eigenvalue weighted by atomic mass is 10.1. The van der Waals surface area contributed by atoms with Gasteiger partial charge in [0.15, 0.2) is 0 Å². The van der Waals surface area contributed by atoms with Crippen molar-refractivity contribution in [1.29, 1.82) is 0 Å². The van der Waals surface area contributed by atoms with E-state index in [1.807, 2.05) is 12.1 Å². The van der Waals surface area contributed by atoms with Gasteiger partial charge in [-0.3, -0.25) is 18.8 Å². The van der Waals surface area contributed by atoms with Gasteiger partial charge in [0.2, 0.25) is 0 Å². The lowest BCUT2D eigenvalue weighted by Crippen LogP contribution is -2.20. The van der Waals surface area contributed by atoms with Gasteiger partial charge in [0, 0.05) is 17.7 Å². The highest BCUT2D eigenvalue weighted by Crippen LogP contribution is 2.19. The second kappa shape index (κ2) is 7.04. The van der Waals surface area contributed by atoms with E-state index in [4.69, 9.17) is 4.74 Å². The van der Waals surface area contributed by atoms with E-state index in [1.165, 1.54) is 28.2 Å². The van der Waals surface area contributed by atoms with E-state index in [1.54, 1.807) is 19.2 Å². The monoisotopic (exact) mass is 364 g/mol. The van der Waals surface area contributed by atoms with Crippen molar-refractivity contribution in [2.24, 2.45) is 0 Å². The Morgan fingerprint density at radius 3 is 2.55 bits per heavy atom. The van der Waals surface area contributed by atoms with E-state index < -0.39 is 4.92 Å². The van der Waals surface area contributed by atoms with Crippen LogP contribution in [0.1, 0.15) is 15.9 Å². The van der Waals surface area contributed by atoms with Gasteiger partial charge in [0.1, 0.15) is 5.75 Å². The summed E-state index contributed by atoms with van der Waals surface area (Å²) in [5.74, 6) is 0.384. The van der Waals surface area contributed by atoms with Crippen LogP contribution in [-0.2, 0) is 6.54 Å². The van der Waals surface area contributed by atoms with Crippen LogP contribution in [0, 0.1) is 10.1 Å². The van der Waals surface area contributed by atoms with Gasteiger partial charge in [0.05, 0.1) is 34.7 Å². The smallest absolute Gasteiger partial charge is 0.270 e. The predicted molar refractivity (Wildman–Crippen MR) is 84.9 cm³/mol. The number of carbonyl (C=O) groups is 1. The number of methoxy groups -OCH3 is 1. The van der Waals surface area contributed by atoms with Crippen molar-refractivity contribution in [3.05, 3.63) is 69.8 Å². The van der Waals surface area contributed by atoms with Gasteiger partial charge >= 0.3 is 0 Å². The number of rotatable bonds is 5. The van der Waals surface area contributed by atoms with Gasteiger partial charge in [-0.25, -0.2) is 0 Å². The molecule has 0 heterocycles. The second-order valence-corrected chi connectivity index (χ2v) is 5.34. The van der Waals surface area contributed by atoms with Gasteiger partial charge in [-0.15, -0.1) is 0 Å². The maximum Gasteiger partial charge on any atom is 0.270 e. The van der Waals surface area contributed by atoms with Gasteiger partial charge in [0.25, 0.3) is 11.6 Å². The molecule has 2 rings (SSSR count). The molecule has 0 aliphatic heterocycles. The molecular weight excluding hydrogens is 352 g/mol. The first-order valence-electron chi connectivity index (χ1n) is 6.36. The highest BCUT2D eigenvalue weighted by molar-refractivity contribution is 9.07. The number of non-ortho nitro benzene ring substituents is 1. The zero-order chi connectivity index (χ0) is 16.1. The number of nitro benzene ring substituents is 1. The number of amides is 1. The average Bonchev–Trinajstić information content (AvgIpc) is 2.54. The van der Waals surface area contributed by atoms with E-state index in [0.29, 0.717) is 6.54 Å². The van der Waals surface area contributed by atoms with Crippen molar-refractivity contribution in [3.8, 4) is 5.75 Å². The number of nitro groups is 1. The van der Waals surface area contributed by atoms with Crippen LogP contribution in [0.15, 0.2) is 48.5 Å². The minimum absolute atomic E-state index is 0.115. The largest absolute Gasteiger partial charge is 0.497 e. The van der Waals surface area contributed by atoms with Crippen LogP contribution in [0.4, 0.5) is 5.69 Å². The molecule has 0 fully saturated rings. The van der Waals surface area contributed by atoms with E-state index in [-0.39, 0.29) is 17.2 Å². The first-order chi connectivity index (χ1) is 10.5. The molecule has 22 heavy (non-hydrogen) atoms. The molecule has 0 aliphatic rings. The molecule has 0 saturated heterocycles. The Balaban J connectivity index is 2.11. The van der Waals surface area contributed by atoms with Crippen LogP contribution in [0.3, 0.4) is 0 Å². The minimum atomic E-state index is -0.529. The fourth-order valence-corrected chi connectivity index (χ4v) is 2.35. The molecule has 7 heteroatoms. The summed E-state index contributed by atoms with van der Waals surface area (Å²) >= 11 is 3.20. The molecule has 0 unspecified atom stereocenters. The van der Waals surface area contributed by atoms with Crippen molar-refractivity contribution >= 4 is 27.7 Å². The molecule has 6 nitrogen and oxygen atoms in total. The highest BCUT2D eigenvalue weighted by Gasteiger charge is 2.16. The average molecular weight is 365 g/mol. The molecule has 2 aromatic carbocycles. The van der Waals surface area contributed by atoms with E-state index in [0.717, 1.165) is 11.3 Å². The molecule has 0 atom stereocenters. The molecule has 0 saturated carbocycles. The van der Waals surface area contributed by atoms with Crippen LogP contribution < -0.4 is 4.74 Å². The lowest BCUT2D eigenvalue weighted by molar-refractivity contribution is -0.384. The molecular formula is C15H13BrN2O4. The number of hydrogen-bond donors (Lipinski definition) is 0. The number of ether oxygens (including phenoxy) is 1. The first-order valence-corrected chi connectivity index (χ1v) is 7.07. The molecule has 2 aromatic rings. The molecule has 114 valence electrons. The molecule has 0 aliphatic carbocycles. The molecule has 0 N–H and O–H groups in total. The zero-order valence-corrected chi connectivity index (χ0v) is 13.3. The molecule has 0 bridgehead atoms. The Morgan fingerprint density at radius 1 is 1.27 bits per heavy atom. The third-order valence-corrected chi connectivity index (χ3v) is 3.58. The number of nitrogens with zero attached hydrogens (tertiary/aromatic N) is 2. The SMILES string of the molecule is COc1ccc(CN(Br)C(=O)c2cccc([N+](=O)[O-])c2)cc1. The van der Waals surface area contributed by atoms with Gasteiger partial charge < -0.3 is 4.74 Å². The minimum Gasteiger partial charge on any atom is -0.497 e. The van der Waals surface area contributed by atoms with Crippen LogP contribution in [0.5, 0.6) is 5.75 Å². The lowest BCUT2D eigenvalue weighted by Gasteiger charge is -2.14. The molecule has 0 radical (unpaired) electrons. The Morgan fingerprint density at radius 2 is 1.95 bits per heavy atom. The van der Waals surface area contributed by atoms with Crippen molar-refractivity contribution in [3.63, 3.8) is 0 Å². The molecule has 1 amide bonds. The van der Waals surface area contributed by atoms with Crippen LogP contribution in [0.25, 0.3) is 0 Å². The predicted octanol–water partition coefficient (Wildman–Crippen LogP) is 3.56. The summed E-state index contributed by atoms with van der Waals surface area (Å²) in [6, 6.07) is 12.9. The van der Waals surface area contributed by atoms with Crippen molar-refractivity contribution in [2.45, 2.75) is 6.54 Å². The maximum atomic E-state index is 12.3. The molecule has 0 aromatic heterocycles. The van der Waals surface area contributed by atoms with E-state index in [9.17, 15) is 14.9 Å². The first kappa shape index (κ1) is 16.0. The number of carbonyl (C=O) groups excluding carboxylic acids is 1. The fourth-order valence-electron chi connectivity index (χ4n) is 1.86. The van der Waals surface area contributed by atoms with Gasteiger partial charge in [-0.1, -0.05) is 18.2 Å². The summed E-state index contributed by atoms with van der Waals surface area (Å²) < 4.78 is 6.40. The number of benzene rings is 2. The highest BCUT2D eigenvalue weighted by atomic mass is 79.9. The van der Waals surface area contributed by atoms with E-state index >= 15 is 0 Å². The Hall–Kier alpha value is -2.41. The number of halogens is 1. The Kier molecular flexibility index (Phi) is 5.11. The fraction of sp³-hybridized carbons (Fsp3) is 0.133. The topological polar surface area (TPSA) is 72.7 Å². The van der Waals surface area contributed by atoms with Crippen molar-refractivity contribution in [2.75, 3.05) is 7.11 Å². The van der Waals surface area contributed by atoms with Crippen molar-refractivity contribution < 1.29 is 14.5 Å². The third-order valence-electron chi connectivity index (χ3n) is 3.00. The van der Waals surface area contributed by atoms with Crippen LogP contribution >= 0.6 is 16.1 Å². The quantitative estimate of drug-likeness (QED) is 0.461. The number of hydrogen-bond acceptors (Lipinski definition) is 4. The van der Waals surface area contributed by atoms with Crippen molar-refractivity contribution in [1.82, 2.24) is 3.93 Å². The third kappa shape index (κ3) is 3.82. The zero-order valence-electron chi connectivity index (χ0n) is 11.7. The summed E-state index contributed by atoms with van der Waals surface area (Å²) in [6.07, 6.45) is 0. The van der Waals surface area contributed by atoms with Gasteiger partial charge in [-0.05, 0) is 23.8 Å². The summed E-state index contributed by atoms with van der Waals surface area (Å²) in [7, 11) is 1.58. The molecule has 0 spiro atoms. The summed E-state index contributed by atoms with van der Waals surface area (Å²) in [5.41, 5.74) is 1.03. The normalized spacial score (nSPS) is 10.1. The van der Waals surface area contributed by atoms with E-state index in [2.05, 4.69) is 16.1 Å².